The molecule has 1 N–H and O–H groups in total. The number of aromatic nitrogens is 2. The maximum Gasteiger partial charge on any atom is 0.126 e. The average Bonchev–Trinajstić information content (AvgIpc) is 3.06. The van der Waals surface area contributed by atoms with Gasteiger partial charge in [-0.15, -0.1) is 11.3 Å². The van der Waals surface area contributed by atoms with Gasteiger partial charge in [0.2, 0.25) is 0 Å². The van der Waals surface area contributed by atoms with Crippen LogP contribution in [-0.4, -0.2) is 34.5 Å². The van der Waals surface area contributed by atoms with Crippen LogP contribution in [0.3, 0.4) is 0 Å². The third-order valence-corrected chi connectivity index (χ3v) is 4.78. The number of pyridine rings is 1. The van der Waals surface area contributed by atoms with Crippen LogP contribution < -0.4 is 5.32 Å². The molecule has 0 bridgehead atoms. The number of anilines is 1. The van der Waals surface area contributed by atoms with Crippen LogP contribution in [0.15, 0.2) is 24.4 Å². The van der Waals surface area contributed by atoms with E-state index >= 15 is 0 Å². The predicted octanol–water partition coefficient (Wildman–Crippen LogP) is 3.09. The van der Waals surface area contributed by atoms with Gasteiger partial charge in [0.05, 0.1) is 5.01 Å². The molecule has 4 nitrogen and oxygen atoms in total. The van der Waals surface area contributed by atoms with E-state index < -0.39 is 0 Å². The Morgan fingerprint density at radius 2 is 2.29 bits per heavy atom. The van der Waals surface area contributed by atoms with E-state index in [2.05, 4.69) is 33.2 Å². The number of hydrogen-bond acceptors (Lipinski definition) is 5. The number of nitrogens with zero attached hydrogens (tertiary/aromatic N) is 3. The van der Waals surface area contributed by atoms with E-state index in [9.17, 15) is 0 Å². The van der Waals surface area contributed by atoms with Crippen molar-refractivity contribution in [3.8, 4) is 0 Å². The number of aryl methyl sites for hydroxylation is 2. The lowest BCUT2D eigenvalue weighted by Crippen LogP contribution is -2.22. The molecular formula is C16H22N4S. The molecule has 3 rings (SSSR count). The summed E-state index contributed by atoms with van der Waals surface area (Å²) in [4.78, 5) is 12.7. The van der Waals surface area contributed by atoms with E-state index in [1.807, 2.05) is 36.6 Å². The molecule has 3 heterocycles. The fourth-order valence-electron chi connectivity index (χ4n) is 2.81. The molecule has 1 aliphatic heterocycles. The lowest BCUT2D eigenvalue weighted by Gasteiger charge is -2.15. The second-order valence-electron chi connectivity index (χ2n) is 5.78. The molecule has 2 aromatic heterocycles. The summed E-state index contributed by atoms with van der Waals surface area (Å²) in [5.41, 5.74) is 1.06. The summed E-state index contributed by atoms with van der Waals surface area (Å²) in [6.45, 7) is 8.50. The minimum Gasteiger partial charge on any atom is -0.370 e. The Balaban J connectivity index is 1.46. The van der Waals surface area contributed by atoms with Crippen LogP contribution in [-0.2, 0) is 6.54 Å². The Bertz CT molecular complexity index is 595. The van der Waals surface area contributed by atoms with Crippen LogP contribution in [0.4, 0.5) is 5.82 Å². The normalized spacial score (nSPS) is 19.0. The molecule has 1 atom stereocenters. The molecule has 112 valence electrons. The van der Waals surface area contributed by atoms with Crippen molar-refractivity contribution >= 4 is 17.2 Å². The molecule has 1 fully saturated rings. The number of rotatable bonds is 5. The van der Waals surface area contributed by atoms with Gasteiger partial charge in [-0.2, -0.15) is 0 Å². The van der Waals surface area contributed by atoms with Crippen molar-refractivity contribution in [1.82, 2.24) is 14.9 Å². The summed E-state index contributed by atoms with van der Waals surface area (Å²) in [6, 6.07) is 6.12. The van der Waals surface area contributed by atoms with E-state index in [1.54, 1.807) is 0 Å². The minimum atomic E-state index is 0.710. The predicted molar refractivity (Wildman–Crippen MR) is 87.7 cm³/mol. The van der Waals surface area contributed by atoms with Gasteiger partial charge in [-0.1, -0.05) is 6.07 Å². The van der Waals surface area contributed by atoms with Crippen molar-refractivity contribution < 1.29 is 0 Å². The van der Waals surface area contributed by atoms with Crippen molar-refractivity contribution in [2.75, 3.05) is 25.0 Å². The van der Waals surface area contributed by atoms with E-state index in [0.29, 0.717) is 5.92 Å². The number of likely N-dealkylation sites (tertiary alicyclic amines) is 1. The molecule has 5 heteroatoms. The summed E-state index contributed by atoms with van der Waals surface area (Å²) < 4.78 is 0. The van der Waals surface area contributed by atoms with Gasteiger partial charge < -0.3 is 5.32 Å². The molecule has 0 radical (unpaired) electrons. The van der Waals surface area contributed by atoms with Crippen molar-refractivity contribution in [2.24, 2.45) is 5.92 Å². The topological polar surface area (TPSA) is 41.0 Å². The molecule has 0 saturated carbocycles. The number of thiazole rings is 1. The van der Waals surface area contributed by atoms with Crippen LogP contribution in [0.1, 0.15) is 22.0 Å². The molecule has 21 heavy (non-hydrogen) atoms. The zero-order chi connectivity index (χ0) is 14.7. The SMILES string of the molecule is Cc1cccc(NCC2CCN(Cc3cnc(C)s3)C2)n1. The molecule has 0 spiro atoms. The molecule has 1 saturated heterocycles. The summed E-state index contributed by atoms with van der Waals surface area (Å²) in [5, 5.41) is 4.63. The van der Waals surface area contributed by atoms with Gasteiger partial charge >= 0.3 is 0 Å². The Morgan fingerprint density at radius 3 is 3.05 bits per heavy atom. The minimum absolute atomic E-state index is 0.710. The van der Waals surface area contributed by atoms with E-state index in [0.717, 1.165) is 36.2 Å². The maximum absolute atomic E-state index is 4.49. The van der Waals surface area contributed by atoms with Gasteiger partial charge in [0, 0.05) is 36.4 Å². The molecule has 0 amide bonds. The van der Waals surface area contributed by atoms with E-state index in [4.69, 9.17) is 0 Å². The third kappa shape index (κ3) is 4.02. The average molecular weight is 302 g/mol. The van der Waals surface area contributed by atoms with Gasteiger partial charge in [-0.05, 0) is 44.9 Å². The van der Waals surface area contributed by atoms with E-state index in [1.165, 1.54) is 17.8 Å². The molecular weight excluding hydrogens is 280 g/mol. The molecule has 1 aliphatic rings. The summed E-state index contributed by atoms with van der Waals surface area (Å²) in [5.74, 6) is 1.70. The largest absolute Gasteiger partial charge is 0.370 e. The van der Waals surface area contributed by atoms with E-state index in [-0.39, 0.29) is 0 Å². The van der Waals surface area contributed by atoms with Crippen LogP contribution in [0.25, 0.3) is 0 Å². The van der Waals surface area contributed by atoms with Crippen LogP contribution >= 0.6 is 11.3 Å². The first-order chi connectivity index (χ1) is 10.2. The second kappa shape index (κ2) is 6.54. The first-order valence-electron chi connectivity index (χ1n) is 7.50. The Labute approximate surface area is 130 Å². The van der Waals surface area contributed by atoms with Crippen molar-refractivity contribution in [2.45, 2.75) is 26.8 Å². The Hall–Kier alpha value is -1.46. The van der Waals surface area contributed by atoms with Gasteiger partial charge in [0.25, 0.3) is 0 Å². The smallest absolute Gasteiger partial charge is 0.126 e. The summed E-state index contributed by atoms with van der Waals surface area (Å²) >= 11 is 1.81. The molecule has 0 aromatic carbocycles. The summed E-state index contributed by atoms with van der Waals surface area (Å²) in [7, 11) is 0. The van der Waals surface area contributed by atoms with Gasteiger partial charge in [0.1, 0.15) is 5.82 Å². The standard InChI is InChI=1S/C16H22N4S/c1-12-4-3-5-16(19-12)18-8-14-6-7-20(10-14)11-15-9-17-13(2)21-15/h3-5,9,14H,6-8,10-11H2,1-2H3,(H,18,19). The van der Waals surface area contributed by atoms with Crippen molar-refractivity contribution in [3.63, 3.8) is 0 Å². The first-order valence-corrected chi connectivity index (χ1v) is 8.32. The highest BCUT2D eigenvalue weighted by Gasteiger charge is 2.22. The first kappa shape index (κ1) is 14.5. The Kier molecular flexibility index (Phi) is 4.51. The monoisotopic (exact) mass is 302 g/mol. The number of hydrogen-bond donors (Lipinski definition) is 1. The second-order valence-corrected chi connectivity index (χ2v) is 7.10. The van der Waals surface area contributed by atoms with Crippen molar-refractivity contribution in [1.29, 1.82) is 0 Å². The highest BCUT2D eigenvalue weighted by Crippen LogP contribution is 2.21. The number of nitrogens with one attached hydrogen (secondary N) is 1. The van der Waals surface area contributed by atoms with Crippen LogP contribution in [0.5, 0.6) is 0 Å². The fourth-order valence-corrected chi connectivity index (χ4v) is 3.65. The van der Waals surface area contributed by atoms with Gasteiger partial charge in [0.15, 0.2) is 0 Å². The van der Waals surface area contributed by atoms with Crippen molar-refractivity contribution in [3.05, 3.63) is 40.0 Å². The lowest BCUT2D eigenvalue weighted by atomic mass is 10.1. The highest BCUT2D eigenvalue weighted by atomic mass is 32.1. The highest BCUT2D eigenvalue weighted by molar-refractivity contribution is 7.11. The van der Waals surface area contributed by atoms with Crippen LogP contribution in [0, 0.1) is 19.8 Å². The molecule has 2 aromatic rings. The third-order valence-electron chi connectivity index (χ3n) is 3.88. The van der Waals surface area contributed by atoms with Crippen LogP contribution in [0.2, 0.25) is 0 Å². The zero-order valence-corrected chi connectivity index (χ0v) is 13.5. The molecule has 0 aliphatic carbocycles. The van der Waals surface area contributed by atoms with Gasteiger partial charge in [-0.3, -0.25) is 4.90 Å². The quantitative estimate of drug-likeness (QED) is 0.921. The lowest BCUT2D eigenvalue weighted by molar-refractivity contribution is 0.321. The van der Waals surface area contributed by atoms with Gasteiger partial charge in [-0.25, -0.2) is 9.97 Å². The molecule has 1 unspecified atom stereocenters. The zero-order valence-electron chi connectivity index (χ0n) is 12.7. The fraction of sp³-hybridized carbons (Fsp3) is 0.500. The Morgan fingerprint density at radius 1 is 1.38 bits per heavy atom. The summed E-state index contributed by atoms with van der Waals surface area (Å²) in [6.07, 6.45) is 3.28. The maximum atomic E-state index is 4.49.